The number of hydrogen-bond donors (Lipinski definition) is 3. The molecule has 24 heavy (non-hydrogen) atoms. The predicted octanol–water partition coefficient (Wildman–Crippen LogP) is 2.47. The number of benzene rings is 2. The lowest BCUT2D eigenvalue weighted by molar-refractivity contribution is 0.0950. The van der Waals surface area contributed by atoms with Gasteiger partial charge < -0.3 is 10.1 Å². The van der Waals surface area contributed by atoms with E-state index in [9.17, 15) is 4.79 Å². The third-order valence-electron chi connectivity index (χ3n) is 4.15. The van der Waals surface area contributed by atoms with Crippen LogP contribution in [0.5, 0.6) is 5.75 Å². The molecule has 6 heteroatoms. The maximum absolute atomic E-state index is 12.4. The van der Waals surface area contributed by atoms with Crippen LogP contribution < -0.4 is 20.9 Å². The molecule has 0 bridgehead atoms. The number of rotatable bonds is 5. The van der Waals surface area contributed by atoms with Gasteiger partial charge in [-0.25, -0.2) is 0 Å². The number of amides is 1. The fourth-order valence-electron chi connectivity index (χ4n) is 2.79. The Morgan fingerprint density at radius 3 is 2.71 bits per heavy atom. The Bertz CT molecular complexity index is 730. The molecule has 3 N–H and O–H groups in total. The molecular formula is C18H20ClN3O2. The second kappa shape index (κ2) is 7.66. The molecule has 0 saturated carbocycles. The number of halogens is 1. The third kappa shape index (κ3) is 3.70. The lowest BCUT2D eigenvalue weighted by Crippen LogP contribution is -2.23. The normalized spacial score (nSPS) is 14.6. The first-order valence-corrected chi connectivity index (χ1v) is 8.22. The third-order valence-corrected chi connectivity index (χ3v) is 4.52. The molecule has 1 aliphatic rings. The standard InChI is InChI=1S/C18H20ClN3O2/c1-24-17-8-12(6-7-15(17)14-10-21-22-11-14)18(23)20-9-13-4-2-3-5-16(13)19/h2-8,14,21-22H,9-11H2,1H3,(H,20,23). The van der Waals surface area contributed by atoms with Crippen LogP contribution in [0.2, 0.25) is 5.02 Å². The zero-order valence-corrected chi connectivity index (χ0v) is 14.2. The van der Waals surface area contributed by atoms with Crippen molar-refractivity contribution in [2.45, 2.75) is 12.5 Å². The molecule has 2 aromatic rings. The number of hydrogen-bond acceptors (Lipinski definition) is 4. The van der Waals surface area contributed by atoms with Crippen molar-refractivity contribution < 1.29 is 9.53 Å². The van der Waals surface area contributed by atoms with E-state index in [2.05, 4.69) is 16.2 Å². The molecule has 1 amide bonds. The Hall–Kier alpha value is -2.08. The van der Waals surface area contributed by atoms with E-state index >= 15 is 0 Å². The van der Waals surface area contributed by atoms with Crippen molar-refractivity contribution in [3.8, 4) is 5.75 Å². The van der Waals surface area contributed by atoms with Gasteiger partial charge in [0.15, 0.2) is 0 Å². The van der Waals surface area contributed by atoms with Crippen LogP contribution in [0.1, 0.15) is 27.4 Å². The summed E-state index contributed by atoms with van der Waals surface area (Å²) in [6.07, 6.45) is 0. The predicted molar refractivity (Wildman–Crippen MR) is 94.4 cm³/mol. The summed E-state index contributed by atoms with van der Waals surface area (Å²) >= 11 is 6.11. The van der Waals surface area contributed by atoms with E-state index in [0.717, 1.165) is 30.0 Å². The molecule has 0 unspecified atom stereocenters. The van der Waals surface area contributed by atoms with Gasteiger partial charge in [0, 0.05) is 36.1 Å². The van der Waals surface area contributed by atoms with Gasteiger partial charge in [0.05, 0.1) is 7.11 Å². The van der Waals surface area contributed by atoms with Gasteiger partial charge in [0.25, 0.3) is 5.91 Å². The summed E-state index contributed by atoms with van der Waals surface area (Å²) in [6.45, 7) is 2.07. The molecule has 126 valence electrons. The molecule has 0 spiro atoms. The van der Waals surface area contributed by atoms with E-state index in [1.165, 1.54) is 0 Å². The fourth-order valence-corrected chi connectivity index (χ4v) is 2.99. The van der Waals surface area contributed by atoms with Gasteiger partial charge >= 0.3 is 0 Å². The van der Waals surface area contributed by atoms with Gasteiger partial charge in [0.1, 0.15) is 5.75 Å². The monoisotopic (exact) mass is 345 g/mol. The van der Waals surface area contributed by atoms with Gasteiger partial charge in [-0.2, -0.15) is 0 Å². The zero-order chi connectivity index (χ0) is 16.9. The lowest BCUT2D eigenvalue weighted by atomic mass is 9.97. The summed E-state index contributed by atoms with van der Waals surface area (Å²) in [5.74, 6) is 0.915. The number of nitrogens with one attached hydrogen (secondary N) is 3. The van der Waals surface area contributed by atoms with E-state index in [0.29, 0.717) is 23.0 Å². The molecule has 0 aromatic heterocycles. The Labute approximate surface area is 146 Å². The molecular weight excluding hydrogens is 326 g/mol. The quantitative estimate of drug-likeness (QED) is 0.779. The van der Waals surface area contributed by atoms with Crippen LogP contribution in [0.15, 0.2) is 42.5 Å². The first kappa shape index (κ1) is 16.8. The van der Waals surface area contributed by atoms with Crippen molar-refractivity contribution in [3.63, 3.8) is 0 Å². The van der Waals surface area contributed by atoms with Crippen LogP contribution in [0.3, 0.4) is 0 Å². The number of methoxy groups -OCH3 is 1. The number of carbonyl (C=O) groups is 1. The number of carbonyl (C=O) groups excluding carboxylic acids is 1. The highest BCUT2D eigenvalue weighted by Crippen LogP contribution is 2.28. The van der Waals surface area contributed by atoms with Gasteiger partial charge in [-0.3, -0.25) is 15.6 Å². The second-order valence-corrected chi connectivity index (χ2v) is 6.10. The maximum atomic E-state index is 12.4. The number of ether oxygens (including phenoxy) is 1. The molecule has 1 fully saturated rings. The Morgan fingerprint density at radius 2 is 2.00 bits per heavy atom. The zero-order valence-electron chi connectivity index (χ0n) is 13.4. The molecule has 0 radical (unpaired) electrons. The molecule has 1 saturated heterocycles. The van der Waals surface area contributed by atoms with Crippen molar-refractivity contribution in [1.82, 2.24) is 16.2 Å². The molecule has 0 aliphatic carbocycles. The highest BCUT2D eigenvalue weighted by Gasteiger charge is 2.21. The van der Waals surface area contributed by atoms with Crippen molar-refractivity contribution in [3.05, 3.63) is 64.2 Å². The highest BCUT2D eigenvalue weighted by molar-refractivity contribution is 6.31. The average molecular weight is 346 g/mol. The largest absolute Gasteiger partial charge is 0.496 e. The van der Waals surface area contributed by atoms with E-state index in [1.54, 1.807) is 13.2 Å². The summed E-state index contributed by atoms with van der Waals surface area (Å²) in [5.41, 5.74) is 8.77. The average Bonchev–Trinajstić information content (AvgIpc) is 3.14. The van der Waals surface area contributed by atoms with Crippen LogP contribution in [0.4, 0.5) is 0 Å². The van der Waals surface area contributed by atoms with Gasteiger partial charge in [0.2, 0.25) is 0 Å². The van der Waals surface area contributed by atoms with E-state index in [-0.39, 0.29) is 5.91 Å². The summed E-state index contributed by atoms with van der Waals surface area (Å²) in [4.78, 5) is 12.4. The first-order chi connectivity index (χ1) is 11.7. The Balaban J connectivity index is 1.71. The van der Waals surface area contributed by atoms with Gasteiger partial charge in [-0.15, -0.1) is 0 Å². The van der Waals surface area contributed by atoms with Crippen LogP contribution in [0, 0.1) is 0 Å². The fraction of sp³-hybridized carbons (Fsp3) is 0.278. The van der Waals surface area contributed by atoms with Crippen LogP contribution >= 0.6 is 11.6 Å². The second-order valence-electron chi connectivity index (χ2n) is 5.69. The van der Waals surface area contributed by atoms with Crippen LogP contribution in [0.25, 0.3) is 0 Å². The minimum Gasteiger partial charge on any atom is -0.496 e. The minimum atomic E-state index is -0.151. The highest BCUT2D eigenvalue weighted by atomic mass is 35.5. The summed E-state index contributed by atoms with van der Waals surface area (Å²) in [7, 11) is 1.63. The Kier molecular flexibility index (Phi) is 5.35. The molecule has 3 rings (SSSR count). The molecule has 1 heterocycles. The van der Waals surface area contributed by atoms with Crippen molar-refractivity contribution in [2.24, 2.45) is 0 Å². The van der Waals surface area contributed by atoms with Crippen molar-refractivity contribution >= 4 is 17.5 Å². The van der Waals surface area contributed by atoms with Gasteiger partial charge in [-0.1, -0.05) is 35.9 Å². The minimum absolute atomic E-state index is 0.151. The summed E-state index contributed by atoms with van der Waals surface area (Å²) in [5, 5.41) is 3.54. The van der Waals surface area contributed by atoms with Gasteiger partial charge in [-0.05, 0) is 29.3 Å². The molecule has 0 atom stereocenters. The molecule has 1 aliphatic heterocycles. The summed E-state index contributed by atoms with van der Waals surface area (Å²) in [6, 6.07) is 13.0. The first-order valence-electron chi connectivity index (χ1n) is 7.84. The van der Waals surface area contributed by atoms with E-state index < -0.39 is 0 Å². The topological polar surface area (TPSA) is 62.4 Å². The SMILES string of the molecule is COc1cc(C(=O)NCc2ccccc2Cl)ccc1C1CNNC1. The maximum Gasteiger partial charge on any atom is 0.251 e. The van der Waals surface area contributed by atoms with E-state index in [1.807, 2.05) is 36.4 Å². The Morgan fingerprint density at radius 1 is 1.25 bits per heavy atom. The smallest absolute Gasteiger partial charge is 0.251 e. The van der Waals surface area contributed by atoms with Crippen LogP contribution in [-0.4, -0.2) is 26.1 Å². The summed E-state index contributed by atoms with van der Waals surface area (Å²) < 4.78 is 5.47. The van der Waals surface area contributed by atoms with E-state index in [4.69, 9.17) is 16.3 Å². The number of hydrazine groups is 1. The van der Waals surface area contributed by atoms with Crippen LogP contribution in [-0.2, 0) is 6.54 Å². The molecule has 5 nitrogen and oxygen atoms in total. The van der Waals surface area contributed by atoms with Crippen molar-refractivity contribution in [2.75, 3.05) is 20.2 Å². The van der Waals surface area contributed by atoms with Crippen molar-refractivity contribution in [1.29, 1.82) is 0 Å². The molecule has 2 aromatic carbocycles. The lowest BCUT2D eigenvalue weighted by Gasteiger charge is -2.15.